The van der Waals surface area contributed by atoms with Gasteiger partial charge in [0.1, 0.15) is 11.5 Å². The predicted molar refractivity (Wildman–Crippen MR) is 73.8 cm³/mol. The molecule has 0 saturated heterocycles. The van der Waals surface area contributed by atoms with Crippen molar-refractivity contribution in [2.75, 3.05) is 7.11 Å². The second-order valence-corrected chi connectivity index (χ2v) is 4.52. The van der Waals surface area contributed by atoms with Gasteiger partial charge in [-0.05, 0) is 19.1 Å². The molecule has 106 valence electrons. The predicted octanol–water partition coefficient (Wildman–Crippen LogP) is 1.42. The van der Waals surface area contributed by atoms with Gasteiger partial charge in [0.15, 0.2) is 0 Å². The van der Waals surface area contributed by atoms with Gasteiger partial charge in [0, 0.05) is 31.0 Å². The smallest absolute Gasteiger partial charge is 0.255 e. The van der Waals surface area contributed by atoms with E-state index in [9.17, 15) is 9.90 Å². The molecule has 0 bridgehead atoms. The number of phenolic OH excluding ortho intramolecular Hbond substituents is 1. The average molecular weight is 275 g/mol. The number of hydrogen-bond acceptors (Lipinski definition) is 4. The first-order valence-electron chi connectivity index (χ1n) is 6.23. The monoisotopic (exact) mass is 275 g/mol. The van der Waals surface area contributed by atoms with E-state index in [1.54, 1.807) is 18.6 Å². The normalized spacial score (nSPS) is 11.9. The summed E-state index contributed by atoms with van der Waals surface area (Å²) in [6.07, 6.45) is 5.20. The minimum absolute atomic E-state index is 0.0850. The van der Waals surface area contributed by atoms with Crippen LogP contribution in [0.2, 0.25) is 0 Å². The Labute approximate surface area is 117 Å². The van der Waals surface area contributed by atoms with Gasteiger partial charge < -0.3 is 19.7 Å². The SMILES string of the molecule is COc1ccc(C(=O)NC(C)Cn2ccnc2)c(O)c1. The van der Waals surface area contributed by atoms with Crippen LogP contribution in [0.1, 0.15) is 17.3 Å². The Morgan fingerprint density at radius 1 is 1.55 bits per heavy atom. The molecule has 1 aromatic heterocycles. The number of hydrogen-bond donors (Lipinski definition) is 2. The number of ether oxygens (including phenoxy) is 1. The molecule has 0 radical (unpaired) electrons. The van der Waals surface area contributed by atoms with Crippen LogP contribution < -0.4 is 10.1 Å². The third-order valence-electron chi connectivity index (χ3n) is 2.87. The molecule has 1 atom stereocenters. The Hall–Kier alpha value is -2.50. The van der Waals surface area contributed by atoms with Gasteiger partial charge in [0.2, 0.25) is 0 Å². The van der Waals surface area contributed by atoms with Gasteiger partial charge >= 0.3 is 0 Å². The fourth-order valence-corrected chi connectivity index (χ4v) is 1.89. The first-order chi connectivity index (χ1) is 9.60. The molecule has 6 heteroatoms. The standard InChI is InChI=1S/C14H17N3O3/c1-10(8-17-6-5-15-9-17)16-14(19)12-4-3-11(20-2)7-13(12)18/h3-7,9-10,18H,8H2,1-2H3,(H,16,19). The van der Waals surface area contributed by atoms with E-state index < -0.39 is 0 Å². The lowest BCUT2D eigenvalue weighted by atomic mass is 10.1. The Bertz CT molecular complexity index is 581. The van der Waals surface area contributed by atoms with Crippen molar-refractivity contribution in [2.45, 2.75) is 19.5 Å². The number of rotatable bonds is 5. The number of carbonyl (C=O) groups is 1. The number of aromatic hydroxyl groups is 1. The van der Waals surface area contributed by atoms with Crippen LogP contribution in [-0.2, 0) is 6.54 Å². The number of nitrogens with zero attached hydrogens (tertiary/aromatic N) is 2. The molecule has 2 rings (SSSR count). The molecule has 0 aliphatic rings. The first-order valence-corrected chi connectivity index (χ1v) is 6.23. The number of benzene rings is 1. The summed E-state index contributed by atoms with van der Waals surface area (Å²) in [7, 11) is 1.50. The summed E-state index contributed by atoms with van der Waals surface area (Å²) < 4.78 is 6.85. The van der Waals surface area contributed by atoms with Crippen molar-refractivity contribution in [3.63, 3.8) is 0 Å². The lowest BCUT2D eigenvalue weighted by Gasteiger charge is -2.15. The molecule has 0 aliphatic carbocycles. The van der Waals surface area contributed by atoms with E-state index >= 15 is 0 Å². The molecule has 1 amide bonds. The molecule has 0 saturated carbocycles. The maximum absolute atomic E-state index is 12.1. The van der Waals surface area contributed by atoms with Crippen LogP contribution in [0.3, 0.4) is 0 Å². The van der Waals surface area contributed by atoms with Crippen LogP contribution in [0.25, 0.3) is 0 Å². The van der Waals surface area contributed by atoms with Crippen molar-refractivity contribution in [2.24, 2.45) is 0 Å². The molecule has 1 heterocycles. The van der Waals surface area contributed by atoms with Crippen molar-refractivity contribution < 1.29 is 14.6 Å². The van der Waals surface area contributed by atoms with E-state index in [4.69, 9.17) is 4.74 Å². The van der Waals surface area contributed by atoms with E-state index in [0.717, 1.165) is 0 Å². The Morgan fingerprint density at radius 3 is 2.95 bits per heavy atom. The highest BCUT2D eigenvalue weighted by Crippen LogP contribution is 2.23. The van der Waals surface area contributed by atoms with E-state index in [0.29, 0.717) is 12.3 Å². The quantitative estimate of drug-likeness (QED) is 0.865. The van der Waals surface area contributed by atoms with E-state index in [-0.39, 0.29) is 23.3 Å². The van der Waals surface area contributed by atoms with Gasteiger partial charge in [0.05, 0.1) is 19.0 Å². The molecule has 0 aliphatic heterocycles. The second-order valence-electron chi connectivity index (χ2n) is 4.52. The molecule has 0 fully saturated rings. The largest absolute Gasteiger partial charge is 0.507 e. The number of amides is 1. The van der Waals surface area contributed by atoms with Gasteiger partial charge in [-0.1, -0.05) is 0 Å². The van der Waals surface area contributed by atoms with Crippen LogP contribution in [0.15, 0.2) is 36.9 Å². The van der Waals surface area contributed by atoms with Gasteiger partial charge in [-0.25, -0.2) is 4.98 Å². The minimum atomic E-state index is -0.322. The Kier molecular flexibility index (Phi) is 4.24. The molecule has 0 spiro atoms. The average Bonchev–Trinajstić information content (AvgIpc) is 2.90. The van der Waals surface area contributed by atoms with Gasteiger partial charge in [0.25, 0.3) is 5.91 Å². The minimum Gasteiger partial charge on any atom is -0.507 e. The maximum atomic E-state index is 12.1. The third kappa shape index (κ3) is 3.28. The highest BCUT2D eigenvalue weighted by Gasteiger charge is 2.14. The lowest BCUT2D eigenvalue weighted by Crippen LogP contribution is -2.35. The summed E-state index contributed by atoms with van der Waals surface area (Å²) in [6.45, 7) is 2.50. The molecule has 6 nitrogen and oxygen atoms in total. The Morgan fingerprint density at radius 2 is 2.35 bits per heavy atom. The molecule has 2 aromatic rings. The number of nitrogens with one attached hydrogen (secondary N) is 1. The number of imidazole rings is 1. The molecule has 20 heavy (non-hydrogen) atoms. The molecule has 2 N–H and O–H groups in total. The number of aromatic nitrogens is 2. The number of carbonyl (C=O) groups excluding carboxylic acids is 1. The summed E-state index contributed by atoms with van der Waals surface area (Å²) in [5, 5.41) is 12.6. The van der Waals surface area contributed by atoms with Crippen molar-refractivity contribution >= 4 is 5.91 Å². The van der Waals surface area contributed by atoms with E-state index in [1.165, 1.54) is 19.2 Å². The number of phenols is 1. The zero-order valence-corrected chi connectivity index (χ0v) is 11.4. The van der Waals surface area contributed by atoms with Crippen molar-refractivity contribution in [1.82, 2.24) is 14.9 Å². The number of methoxy groups -OCH3 is 1. The molecular formula is C14H17N3O3. The summed E-state index contributed by atoms with van der Waals surface area (Å²) in [4.78, 5) is 16.0. The first kappa shape index (κ1) is 13.9. The van der Waals surface area contributed by atoms with Crippen LogP contribution in [-0.4, -0.2) is 33.7 Å². The molecular weight excluding hydrogens is 258 g/mol. The maximum Gasteiger partial charge on any atom is 0.255 e. The van der Waals surface area contributed by atoms with E-state index in [1.807, 2.05) is 17.7 Å². The summed E-state index contributed by atoms with van der Waals surface area (Å²) >= 11 is 0. The molecule has 1 aromatic carbocycles. The lowest BCUT2D eigenvalue weighted by molar-refractivity contribution is 0.0934. The zero-order chi connectivity index (χ0) is 14.5. The summed E-state index contributed by atoms with van der Waals surface area (Å²) in [5.74, 6) is 0.0833. The summed E-state index contributed by atoms with van der Waals surface area (Å²) in [5.41, 5.74) is 0.225. The third-order valence-corrected chi connectivity index (χ3v) is 2.87. The zero-order valence-electron chi connectivity index (χ0n) is 11.4. The van der Waals surface area contributed by atoms with Gasteiger partial charge in [-0.2, -0.15) is 0 Å². The van der Waals surface area contributed by atoms with Crippen LogP contribution in [0, 0.1) is 0 Å². The van der Waals surface area contributed by atoms with E-state index in [2.05, 4.69) is 10.3 Å². The summed E-state index contributed by atoms with van der Waals surface area (Å²) in [6, 6.07) is 4.50. The van der Waals surface area contributed by atoms with Crippen LogP contribution in [0.4, 0.5) is 0 Å². The van der Waals surface area contributed by atoms with Crippen molar-refractivity contribution in [3.05, 3.63) is 42.5 Å². The Balaban J connectivity index is 2.00. The fraction of sp³-hybridized carbons (Fsp3) is 0.286. The topological polar surface area (TPSA) is 76.4 Å². The van der Waals surface area contributed by atoms with Crippen LogP contribution in [0.5, 0.6) is 11.5 Å². The highest BCUT2D eigenvalue weighted by atomic mass is 16.5. The second kappa shape index (κ2) is 6.10. The van der Waals surface area contributed by atoms with Gasteiger partial charge in [-0.15, -0.1) is 0 Å². The highest BCUT2D eigenvalue weighted by molar-refractivity contribution is 5.97. The molecule has 1 unspecified atom stereocenters. The van der Waals surface area contributed by atoms with Gasteiger partial charge in [-0.3, -0.25) is 4.79 Å². The van der Waals surface area contributed by atoms with Crippen LogP contribution >= 0.6 is 0 Å². The van der Waals surface area contributed by atoms with Crippen molar-refractivity contribution in [3.8, 4) is 11.5 Å². The van der Waals surface area contributed by atoms with Crippen molar-refractivity contribution in [1.29, 1.82) is 0 Å². The fourth-order valence-electron chi connectivity index (χ4n) is 1.89.